The number of nitrogens with one attached hydrogen (secondary N) is 1. The highest BCUT2D eigenvalue weighted by atomic mass is 79.9. The Morgan fingerprint density at radius 2 is 1.90 bits per heavy atom. The summed E-state index contributed by atoms with van der Waals surface area (Å²) < 4.78 is 1.26. The third-order valence-corrected chi connectivity index (χ3v) is 4.06. The zero-order valence-corrected chi connectivity index (χ0v) is 12.6. The number of nitrogens with zero attached hydrogens (tertiary/aromatic N) is 3. The second kappa shape index (κ2) is 5.60. The summed E-state index contributed by atoms with van der Waals surface area (Å²) in [6.07, 6.45) is 4.89. The highest BCUT2D eigenvalue weighted by Crippen LogP contribution is 2.28. The summed E-state index contributed by atoms with van der Waals surface area (Å²) in [6, 6.07) is 9.93. The zero-order valence-electron chi connectivity index (χ0n) is 10.2. The van der Waals surface area contributed by atoms with E-state index in [4.69, 9.17) is 12.2 Å². The maximum absolute atomic E-state index is 5.30. The normalized spacial score (nSPS) is 10.4. The molecule has 0 saturated carbocycles. The third-order valence-electron chi connectivity index (χ3n) is 2.73. The van der Waals surface area contributed by atoms with Gasteiger partial charge in [-0.3, -0.25) is 4.98 Å². The van der Waals surface area contributed by atoms with Gasteiger partial charge >= 0.3 is 0 Å². The van der Waals surface area contributed by atoms with E-state index in [0.717, 1.165) is 15.7 Å². The van der Waals surface area contributed by atoms with Crippen molar-refractivity contribution in [3.05, 3.63) is 58.0 Å². The fourth-order valence-corrected chi connectivity index (χ4v) is 2.42. The Morgan fingerprint density at radius 1 is 1.10 bits per heavy atom. The molecule has 2 heterocycles. The Kier molecular flexibility index (Phi) is 3.66. The molecular formula is C14H9BrN4S. The highest BCUT2D eigenvalue weighted by Gasteiger charge is 2.10. The van der Waals surface area contributed by atoms with Crippen LogP contribution in [-0.2, 0) is 0 Å². The van der Waals surface area contributed by atoms with Crippen LogP contribution in [0.1, 0.15) is 0 Å². The van der Waals surface area contributed by atoms with Crippen molar-refractivity contribution in [1.29, 1.82) is 0 Å². The van der Waals surface area contributed by atoms with Crippen molar-refractivity contribution >= 4 is 28.1 Å². The van der Waals surface area contributed by atoms with Crippen LogP contribution in [0.3, 0.4) is 0 Å². The number of halogens is 1. The van der Waals surface area contributed by atoms with E-state index in [2.05, 4.69) is 35.9 Å². The van der Waals surface area contributed by atoms with Crippen LogP contribution in [0, 0.1) is 4.64 Å². The summed E-state index contributed by atoms with van der Waals surface area (Å²) >= 11 is 8.79. The van der Waals surface area contributed by atoms with Gasteiger partial charge < -0.3 is 4.98 Å². The van der Waals surface area contributed by atoms with Crippen LogP contribution in [-0.4, -0.2) is 19.9 Å². The van der Waals surface area contributed by atoms with Gasteiger partial charge in [0.2, 0.25) is 0 Å². The van der Waals surface area contributed by atoms with Gasteiger partial charge in [-0.15, -0.1) is 0 Å². The largest absolute Gasteiger partial charge is 0.337 e. The summed E-state index contributed by atoms with van der Waals surface area (Å²) in [4.78, 5) is 15.9. The lowest BCUT2D eigenvalue weighted by atomic mass is 10.1. The van der Waals surface area contributed by atoms with Gasteiger partial charge in [0.05, 0.1) is 16.4 Å². The standard InChI is InChI=1S/C14H9BrN4S/c15-11-12(9-4-2-1-3-5-9)18-13(19-14(11)20)10-8-16-6-7-17-10/h1-8H,(H,18,19,20). The monoisotopic (exact) mass is 344 g/mol. The zero-order chi connectivity index (χ0) is 13.9. The lowest BCUT2D eigenvalue weighted by Crippen LogP contribution is -1.97. The van der Waals surface area contributed by atoms with Crippen LogP contribution >= 0.6 is 28.1 Å². The maximum atomic E-state index is 5.30. The summed E-state index contributed by atoms with van der Waals surface area (Å²) in [7, 11) is 0. The van der Waals surface area contributed by atoms with Crippen molar-refractivity contribution in [1.82, 2.24) is 19.9 Å². The number of benzene rings is 1. The highest BCUT2D eigenvalue weighted by molar-refractivity contribution is 9.10. The minimum absolute atomic E-state index is 0.489. The number of aromatic nitrogens is 4. The average Bonchev–Trinajstić information content (AvgIpc) is 2.51. The van der Waals surface area contributed by atoms with Crippen LogP contribution in [0.4, 0.5) is 0 Å². The third kappa shape index (κ3) is 2.52. The van der Waals surface area contributed by atoms with Gasteiger partial charge in [0.15, 0.2) is 5.82 Å². The number of hydrogen-bond acceptors (Lipinski definition) is 4. The molecule has 0 fully saturated rings. The maximum Gasteiger partial charge on any atom is 0.159 e. The van der Waals surface area contributed by atoms with Crippen molar-refractivity contribution in [2.75, 3.05) is 0 Å². The molecule has 98 valence electrons. The summed E-state index contributed by atoms with van der Waals surface area (Å²) in [6.45, 7) is 0. The number of H-pyrrole nitrogens is 1. The molecule has 20 heavy (non-hydrogen) atoms. The van der Waals surface area contributed by atoms with E-state index in [9.17, 15) is 0 Å². The predicted octanol–water partition coefficient (Wildman–Crippen LogP) is 4.03. The Bertz CT molecular complexity index is 787. The molecule has 3 aromatic rings. The molecule has 1 N–H and O–H groups in total. The lowest BCUT2D eigenvalue weighted by Gasteiger charge is -2.08. The first-order chi connectivity index (χ1) is 9.75. The second-order valence-corrected chi connectivity index (χ2v) is 5.22. The molecule has 4 nitrogen and oxygen atoms in total. The van der Waals surface area contributed by atoms with E-state index < -0.39 is 0 Å². The van der Waals surface area contributed by atoms with Crippen LogP contribution in [0.15, 0.2) is 53.4 Å². The van der Waals surface area contributed by atoms with Crippen molar-refractivity contribution in [3.8, 4) is 22.8 Å². The smallest absolute Gasteiger partial charge is 0.159 e. The van der Waals surface area contributed by atoms with Gasteiger partial charge in [0.1, 0.15) is 10.3 Å². The molecular weight excluding hydrogens is 336 g/mol. The van der Waals surface area contributed by atoms with Gasteiger partial charge in [-0.05, 0) is 21.5 Å². The molecule has 0 atom stereocenters. The predicted molar refractivity (Wildman–Crippen MR) is 83.6 cm³/mol. The van der Waals surface area contributed by atoms with Crippen molar-refractivity contribution in [2.45, 2.75) is 0 Å². The van der Waals surface area contributed by atoms with E-state index in [-0.39, 0.29) is 0 Å². The molecule has 0 saturated heterocycles. The van der Waals surface area contributed by atoms with Gasteiger partial charge in [0, 0.05) is 12.4 Å². The van der Waals surface area contributed by atoms with E-state index in [1.54, 1.807) is 18.6 Å². The Hall–Kier alpha value is -1.92. The van der Waals surface area contributed by atoms with Crippen molar-refractivity contribution < 1.29 is 0 Å². The Morgan fingerprint density at radius 3 is 2.60 bits per heavy atom. The molecule has 0 amide bonds. The lowest BCUT2D eigenvalue weighted by molar-refractivity contribution is 1.10. The average molecular weight is 345 g/mol. The van der Waals surface area contributed by atoms with Gasteiger partial charge in [-0.2, -0.15) is 0 Å². The summed E-state index contributed by atoms with van der Waals surface area (Å²) in [5, 5.41) is 0. The number of aromatic amines is 1. The second-order valence-electron chi connectivity index (χ2n) is 4.04. The first kappa shape index (κ1) is 13.1. The molecule has 0 bridgehead atoms. The molecule has 0 aliphatic carbocycles. The molecule has 2 aromatic heterocycles. The SMILES string of the molecule is S=c1nc(-c2cnccn2)[nH]c(-c2ccccc2)c1Br. The first-order valence-electron chi connectivity index (χ1n) is 5.87. The molecule has 0 radical (unpaired) electrons. The van der Waals surface area contributed by atoms with E-state index in [0.29, 0.717) is 16.2 Å². The van der Waals surface area contributed by atoms with E-state index >= 15 is 0 Å². The van der Waals surface area contributed by atoms with E-state index in [1.165, 1.54) is 0 Å². The topological polar surface area (TPSA) is 54.5 Å². The fourth-order valence-electron chi connectivity index (χ4n) is 1.81. The first-order valence-corrected chi connectivity index (χ1v) is 7.07. The van der Waals surface area contributed by atoms with Crippen molar-refractivity contribution in [2.24, 2.45) is 0 Å². The van der Waals surface area contributed by atoms with Crippen LogP contribution in [0.25, 0.3) is 22.8 Å². The molecule has 1 aromatic carbocycles. The van der Waals surface area contributed by atoms with Crippen LogP contribution in [0.2, 0.25) is 0 Å². The van der Waals surface area contributed by atoms with Crippen LogP contribution < -0.4 is 0 Å². The van der Waals surface area contributed by atoms with Gasteiger partial charge in [-0.1, -0.05) is 42.5 Å². The summed E-state index contributed by atoms with van der Waals surface area (Å²) in [5.74, 6) is 0.602. The van der Waals surface area contributed by atoms with Crippen LogP contribution in [0.5, 0.6) is 0 Å². The molecule has 0 unspecified atom stereocenters. The minimum Gasteiger partial charge on any atom is -0.337 e. The molecule has 0 aliphatic heterocycles. The van der Waals surface area contributed by atoms with E-state index in [1.807, 2.05) is 30.3 Å². The fraction of sp³-hybridized carbons (Fsp3) is 0. The molecule has 6 heteroatoms. The summed E-state index contributed by atoms with van der Waals surface area (Å²) in [5.41, 5.74) is 2.56. The Balaban J connectivity index is 2.22. The molecule has 0 spiro atoms. The number of rotatable bonds is 2. The van der Waals surface area contributed by atoms with Gasteiger partial charge in [0.25, 0.3) is 0 Å². The van der Waals surface area contributed by atoms with Gasteiger partial charge in [-0.25, -0.2) is 9.97 Å². The Labute approximate surface area is 129 Å². The van der Waals surface area contributed by atoms with Crippen molar-refractivity contribution in [3.63, 3.8) is 0 Å². The quantitative estimate of drug-likeness (QED) is 0.713. The minimum atomic E-state index is 0.489. The molecule has 3 rings (SSSR count). The number of hydrogen-bond donors (Lipinski definition) is 1. The molecule has 0 aliphatic rings.